The van der Waals surface area contributed by atoms with Crippen molar-refractivity contribution < 1.29 is 18.7 Å². The largest absolute Gasteiger partial charge is 0.497 e. The van der Waals surface area contributed by atoms with Crippen molar-refractivity contribution in [2.75, 3.05) is 26.9 Å². The number of hydrogen-bond acceptors (Lipinski definition) is 3. The Labute approximate surface area is 157 Å². The fourth-order valence-electron chi connectivity index (χ4n) is 3.29. The molecule has 1 aliphatic heterocycles. The average molecular weight is 378 g/mol. The molecule has 1 heterocycles. The fourth-order valence-corrected chi connectivity index (χ4v) is 3.55. The van der Waals surface area contributed by atoms with Gasteiger partial charge in [0.2, 0.25) is 0 Å². The predicted molar refractivity (Wildman–Crippen MR) is 98.5 cm³/mol. The van der Waals surface area contributed by atoms with Crippen LogP contribution >= 0.6 is 11.6 Å². The lowest BCUT2D eigenvalue weighted by atomic mass is 9.74. The van der Waals surface area contributed by atoms with Gasteiger partial charge in [-0.3, -0.25) is 4.79 Å². The van der Waals surface area contributed by atoms with Gasteiger partial charge in [-0.25, -0.2) is 4.39 Å². The molecule has 138 valence electrons. The van der Waals surface area contributed by atoms with Gasteiger partial charge in [-0.2, -0.15) is 0 Å². The molecule has 3 rings (SSSR count). The molecule has 1 fully saturated rings. The van der Waals surface area contributed by atoms with Crippen molar-refractivity contribution in [3.8, 4) is 5.75 Å². The van der Waals surface area contributed by atoms with E-state index in [0.29, 0.717) is 19.8 Å². The molecule has 26 heavy (non-hydrogen) atoms. The van der Waals surface area contributed by atoms with E-state index in [1.54, 1.807) is 7.11 Å². The van der Waals surface area contributed by atoms with Gasteiger partial charge in [0.25, 0.3) is 5.91 Å². The van der Waals surface area contributed by atoms with E-state index >= 15 is 0 Å². The Morgan fingerprint density at radius 3 is 2.54 bits per heavy atom. The first-order valence-electron chi connectivity index (χ1n) is 8.50. The number of carbonyl (C=O) groups is 1. The molecule has 0 bridgehead atoms. The maximum absolute atomic E-state index is 13.2. The summed E-state index contributed by atoms with van der Waals surface area (Å²) in [6.07, 6.45) is 1.60. The highest BCUT2D eigenvalue weighted by atomic mass is 35.5. The second-order valence-corrected chi connectivity index (χ2v) is 6.84. The molecular weight excluding hydrogens is 357 g/mol. The number of amides is 1. The van der Waals surface area contributed by atoms with Gasteiger partial charge >= 0.3 is 0 Å². The van der Waals surface area contributed by atoms with Gasteiger partial charge in [0, 0.05) is 25.2 Å². The summed E-state index contributed by atoms with van der Waals surface area (Å²) in [6, 6.07) is 11.7. The highest BCUT2D eigenvalue weighted by Crippen LogP contribution is 2.35. The van der Waals surface area contributed by atoms with Gasteiger partial charge < -0.3 is 14.8 Å². The molecule has 1 saturated heterocycles. The zero-order valence-electron chi connectivity index (χ0n) is 14.6. The first kappa shape index (κ1) is 18.7. The van der Waals surface area contributed by atoms with E-state index in [4.69, 9.17) is 21.1 Å². The third-order valence-corrected chi connectivity index (χ3v) is 5.23. The number of carbonyl (C=O) groups excluding carboxylic acids is 1. The second-order valence-electron chi connectivity index (χ2n) is 6.43. The maximum Gasteiger partial charge on any atom is 0.252 e. The monoisotopic (exact) mass is 377 g/mol. The predicted octanol–water partition coefficient (Wildman–Crippen LogP) is 3.97. The lowest BCUT2D eigenvalue weighted by Crippen LogP contribution is -2.44. The minimum atomic E-state index is -0.467. The standard InChI is InChI=1S/C20H21ClFNO3/c1-25-16-5-2-14(3-6-16)20(8-10-26-11-9-20)13-23-19(24)17-7-4-15(22)12-18(17)21/h2-7,12H,8-11,13H2,1H3,(H,23,24). The molecule has 0 aliphatic carbocycles. The molecule has 0 spiro atoms. The van der Waals surface area contributed by atoms with E-state index in [-0.39, 0.29) is 21.9 Å². The topological polar surface area (TPSA) is 47.6 Å². The Hall–Kier alpha value is -2.11. The van der Waals surface area contributed by atoms with Gasteiger partial charge in [0.05, 0.1) is 17.7 Å². The minimum absolute atomic E-state index is 0.105. The summed E-state index contributed by atoms with van der Waals surface area (Å²) < 4.78 is 23.9. The first-order chi connectivity index (χ1) is 12.5. The van der Waals surface area contributed by atoms with Crippen molar-refractivity contribution in [1.29, 1.82) is 0 Å². The van der Waals surface area contributed by atoms with E-state index < -0.39 is 5.82 Å². The summed E-state index contributed by atoms with van der Waals surface area (Å²) in [7, 11) is 1.63. The summed E-state index contributed by atoms with van der Waals surface area (Å²) in [4.78, 5) is 12.5. The minimum Gasteiger partial charge on any atom is -0.497 e. The lowest BCUT2D eigenvalue weighted by Gasteiger charge is -2.38. The number of ether oxygens (including phenoxy) is 2. The van der Waals surface area contributed by atoms with Gasteiger partial charge in [0.15, 0.2) is 0 Å². The summed E-state index contributed by atoms with van der Waals surface area (Å²) in [5.41, 5.74) is 1.18. The molecule has 0 unspecified atom stereocenters. The number of methoxy groups -OCH3 is 1. The Balaban J connectivity index is 1.79. The van der Waals surface area contributed by atoms with E-state index in [1.807, 2.05) is 24.3 Å². The Morgan fingerprint density at radius 2 is 1.92 bits per heavy atom. The van der Waals surface area contributed by atoms with Crippen molar-refractivity contribution in [3.63, 3.8) is 0 Å². The number of nitrogens with one attached hydrogen (secondary N) is 1. The maximum atomic E-state index is 13.2. The molecule has 1 amide bonds. The molecule has 0 saturated carbocycles. The molecule has 6 heteroatoms. The van der Waals surface area contributed by atoms with Gasteiger partial charge in [-0.05, 0) is 48.7 Å². The van der Waals surface area contributed by atoms with Gasteiger partial charge in [0.1, 0.15) is 11.6 Å². The average Bonchev–Trinajstić information content (AvgIpc) is 2.67. The van der Waals surface area contributed by atoms with Crippen LogP contribution in [0.2, 0.25) is 5.02 Å². The van der Waals surface area contributed by atoms with Crippen LogP contribution < -0.4 is 10.1 Å². The fraction of sp³-hybridized carbons (Fsp3) is 0.350. The van der Waals surface area contributed by atoms with Gasteiger partial charge in [-0.15, -0.1) is 0 Å². The third-order valence-electron chi connectivity index (χ3n) is 4.92. The summed E-state index contributed by atoms with van der Waals surface area (Å²) >= 11 is 6.00. The molecule has 1 N–H and O–H groups in total. The normalized spacial score (nSPS) is 16.1. The molecule has 4 nitrogen and oxygen atoms in total. The number of hydrogen-bond donors (Lipinski definition) is 1. The van der Waals surface area contributed by atoms with Crippen molar-refractivity contribution >= 4 is 17.5 Å². The van der Waals surface area contributed by atoms with Crippen LogP contribution in [0.25, 0.3) is 0 Å². The summed E-state index contributed by atoms with van der Waals surface area (Å²) in [5.74, 6) is 0.0122. The van der Waals surface area contributed by atoms with Crippen molar-refractivity contribution in [3.05, 3.63) is 64.4 Å². The Bertz CT molecular complexity index is 773. The van der Waals surface area contributed by atoms with Crippen LogP contribution in [-0.2, 0) is 10.2 Å². The highest BCUT2D eigenvalue weighted by molar-refractivity contribution is 6.33. The highest BCUT2D eigenvalue weighted by Gasteiger charge is 2.35. The molecule has 2 aromatic carbocycles. The van der Waals surface area contributed by atoms with Crippen LogP contribution in [0.1, 0.15) is 28.8 Å². The molecule has 0 atom stereocenters. The molecular formula is C20H21ClFNO3. The van der Waals surface area contributed by atoms with Crippen LogP contribution in [0, 0.1) is 5.82 Å². The first-order valence-corrected chi connectivity index (χ1v) is 8.87. The zero-order valence-corrected chi connectivity index (χ0v) is 15.3. The zero-order chi connectivity index (χ0) is 18.6. The molecule has 0 radical (unpaired) electrons. The molecule has 1 aliphatic rings. The quantitative estimate of drug-likeness (QED) is 0.857. The molecule has 0 aromatic heterocycles. The van der Waals surface area contributed by atoms with Crippen molar-refractivity contribution in [2.24, 2.45) is 0 Å². The summed E-state index contributed by atoms with van der Waals surface area (Å²) in [5, 5.41) is 3.07. The number of halogens is 2. The van der Waals surface area contributed by atoms with Crippen molar-refractivity contribution in [1.82, 2.24) is 5.32 Å². The van der Waals surface area contributed by atoms with Crippen LogP contribution in [0.4, 0.5) is 4.39 Å². The Morgan fingerprint density at radius 1 is 1.23 bits per heavy atom. The third kappa shape index (κ3) is 4.00. The van der Waals surface area contributed by atoms with E-state index in [9.17, 15) is 9.18 Å². The lowest BCUT2D eigenvalue weighted by molar-refractivity contribution is 0.0487. The van der Waals surface area contributed by atoms with Crippen molar-refractivity contribution in [2.45, 2.75) is 18.3 Å². The smallest absolute Gasteiger partial charge is 0.252 e. The van der Waals surface area contributed by atoms with Gasteiger partial charge in [-0.1, -0.05) is 23.7 Å². The second kappa shape index (κ2) is 8.06. The van der Waals surface area contributed by atoms with Crippen LogP contribution in [0.3, 0.4) is 0 Å². The van der Waals surface area contributed by atoms with E-state index in [0.717, 1.165) is 30.2 Å². The van der Waals surface area contributed by atoms with Crippen LogP contribution in [0.15, 0.2) is 42.5 Å². The molecule has 2 aromatic rings. The van der Waals surface area contributed by atoms with E-state index in [2.05, 4.69) is 5.32 Å². The van der Waals surface area contributed by atoms with Crippen LogP contribution in [0.5, 0.6) is 5.75 Å². The summed E-state index contributed by atoms with van der Waals surface area (Å²) in [6.45, 7) is 1.73. The number of benzene rings is 2. The number of rotatable bonds is 5. The van der Waals surface area contributed by atoms with E-state index in [1.165, 1.54) is 12.1 Å². The van der Waals surface area contributed by atoms with Crippen LogP contribution in [-0.4, -0.2) is 32.8 Å². The Kier molecular flexibility index (Phi) is 5.79. The SMILES string of the molecule is COc1ccc(C2(CNC(=O)c3ccc(F)cc3Cl)CCOCC2)cc1.